The molecule has 1 nitrogen and oxygen atoms in total. The molecule has 0 aliphatic heterocycles. The molecule has 0 amide bonds. The van der Waals surface area contributed by atoms with Crippen LogP contribution >= 0.6 is 0 Å². The van der Waals surface area contributed by atoms with E-state index in [4.69, 9.17) is 0 Å². The van der Waals surface area contributed by atoms with Gasteiger partial charge in [0.15, 0.2) is 0 Å². The topological polar surface area (TPSA) is 12.0 Å². The first kappa shape index (κ1) is 17.0. The molecule has 1 aliphatic carbocycles. The maximum atomic E-state index is 3.73. The molecule has 1 heteroatoms. The average Bonchev–Trinajstić information content (AvgIpc) is 2.82. The van der Waals surface area contributed by atoms with Crippen molar-refractivity contribution in [1.29, 1.82) is 0 Å². The zero-order chi connectivity index (χ0) is 14.0. The van der Waals surface area contributed by atoms with Gasteiger partial charge in [0.25, 0.3) is 0 Å². The molecule has 1 N–H and O–H groups in total. The van der Waals surface area contributed by atoms with Crippen LogP contribution in [0, 0.1) is 11.3 Å². The highest BCUT2D eigenvalue weighted by molar-refractivity contribution is 4.86. The zero-order valence-corrected chi connectivity index (χ0v) is 13.8. The van der Waals surface area contributed by atoms with Crippen molar-refractivity contribution in [3.8, 4) is 0 Å². The number of rotatable bonds is 11. The van der Waals surface area contributed by atoms with E-state index in [0.29, 0.717) is 5.41 Å². The zero-order valence-electron chi connectivity index (χ0n) is 13.8. The quantitative estimate of drug-likeness (QED) is 0.484. The second-order valence-electron chi connectivity index (χ2n) is 7.25. The monoisotopic (exact) mass is 267 g/mol. The summed E-state index contributed by atoms with van der Waals surface area (Å²) in [7, 11) is 0. The fraction of sp³-hybridized carbons (Fsp3) is 1.00. The van der Waals surface area contributed by atoms with E-state index < -0.39 is 0 Å². The molecule has 19 heavy (non-hydrogen) atoms. The van der Waals surface area contributed by atoms with Gasteiger partial charge in [-0.3, -0.25) is 0 Å². The van der Waals surface area contributed by atoms with Crippen LogP contribution in [-0.4, -0.2) is 13.1 Å². The minimum atomic E-state index is 0.666. The highest BCUT2D eigenvalue weighted by atomic mass is 14.9. The molecule has 0 bridgehead atoms. The third-order valence-electron chi connectivity index (χ3n) is 4.78. The van der Waals surface area contributed by atoms with Crippen molar-refractivity contribution < 1.29 is 0 Å². The van der Waals surface area contributed by atoms with Crippen LogP contribution < -0.4 is 5.32 Å². The van der Waals surface area contributed by atoms with Gasteiger partial charge in [-0.2, -0.15) is 0 Å². The smallest absolute Gasteiger partial charge is 0.000792 e. The molecular formula is C18H37N. The van der Waals surface area contributed by atoms with Gasteiger partial charge in [-0.25, -0.2) is 0 Å². The van der Waals surface area contributed by atoms with Crippen molar-refractivity contribution in [2.24, 2.45) is 11.3 Å². The Kier molecular flexibility index (Phi) is 8.77. The summed E-state index contributed by atoms with van der Waals surface area (Å²) in [6.07, 6.45) is 16.0. The van der Waals surface area contributed by atoms with Gasteiger partial charge in [0.05, 0.1) is 0 Å². The van der Waals surface area contributed by atoms with Crippen molar-refractivity contribution in [1.82, 2.24) is 5.32 Å². The Bertz CT molecular complexity index is 204. The molecule has 1 fully saturated rings. The second kappa shape index (κ2) is 9.80. The summed E-state index contributed by atoms with van der Waals surface area (Å²) >= 11 is 0. The third-order valence-corrected chi connectivity index (χ3v) is 4.78. The Labute approximate surface area is 121 Å². The Morgan fingerprint density at radius 2 is 1.58 bits per heavy atom. The highest BCUT2D eigenvalue weighted by Gasteiger charge is 2.32. The Morgan fingerprint density at radius 1 is 0.947 bits per heavy atom. The Hall–Kier alpha value is -0.0400. The van der Waals surface area contributed by atoms with Gasteiger partial charge in [0, 0.05) is 6.54 Å². The molecule has 0 aromatic heterocycles. The molecule has 1 rings (SSSR count). The van der Waals surface area contributed by atoms with Crippen LogP contribution in [-0.2, 0) is 0 Å². The second-order valence-corrected chi connectivity index (χ2v) is 7.25. The van der Waals surface area contributed by atoms with Crippen molar-refractivity contribution in [2.45, 2.75) is 91.4 Å². The molecular weight excluding hydrogens is 230 g/mol. The van der Waals surface area contributed by atoms with E-state index >= 15 is 0 Å². The van der Waals surface area contributed by atoms with E-state index in [1.807, 2.05) is 0 Å². The van der Waals surface area contributed by atoms with E-state index in [9.17, 15) is 0 Å². The molecule has 0 aromatic rings. The van der Waals surface area contributed by atoms with E-state index in [2.05, 4.69) is 26.1 Å². The summed E-state index contributed by atoms with van der Waals surface area (Å²) in [6, 6.07) is 0. The molecule has 0 spiro atoms. The van der Waals surface area contributed by atoms with Crippen molar-refractivity contribution >= 4 is 0 Å². The first-order valence-electron chi connectivity index (χ1n) is 8.89. The van der Waals surface area contributed by atoms with Crippen molar-refractivity contribution in [3.05, 3.63) is 0 Å². The fourth-order valence-corrected chi connectivity index (χ4v) is 3.55. The predicted molar refractivity (Wildman–Crippen MR) is 86.6 cm³/mol. The van der Waals surface area contributed by atoms with Gasteiger partial charge < -0.3 is 5.32 Å². The molecule has 0 radical (unpaired) electrons. The van der Waals surface area contributed by atoms with Gasteiger partial charge in [-0.1, -0.05) is 72.1 Å². The standard InChI is InChI=1S/C18H37N/c1-4-5-6-7-8-9-12-18(13-10-11-14-18)16-19-15-17(2)3/h17,19H,4-16H2,1-3H3. The summed E-state index contributed by atoms with van der Waals surface area (Å²) in [6.45, 7) is 9.39. The highest BCUT2D eigenvalue weighted by Crippen LogP contribution is 2.41. The lowest BCUT2D eigenvalue weighted by molar-refractivity contribution is 0.244. The van der Waals surface area contributed by atoms with Gasteiger partial charge in [0.2, 0.25) is 0 Å². The van der Waals surface area contributed by atoms with Crippen LogP contribution in [0.15, 0.2) is 0 Å². The van der Waals surface area contributed by atoms with Crippen LogP contribution in [0.1, 0.15) is 91.4 Å². The number of hydrogen-bond acceptors (Lipinski definition) is 1. The van der Waals surface area contributed by atoms with Gasteiger partial charge in [-0.05, 0) is 37.1 Å². The molecule has 0 unspecified atom stereocenters. The normalized spacial score (nSPS) is 18.3. The van der Waals surface area contributed by atoms with Crippen molar-refractivity contribution in [3.63, 3.8) is 0 Å². The molecule has 0 atom stereocenters. The summed E-state index contributed by atoms with van der Waals surface area (Å²) < 4.78 is 0. The van der Waals surface area contributed by atoms with Gasteiger partial charge >= 0.3 is 0 Å². The maximum absolute atomic E-state index is 3.73. The summed E-state index contributed by atoms with van der Waals surface area (Å²) in [5.74, 6) is 0.785. The minimum absolute atomic E-state index is 0.666. The van der Waals surface area contributed by atoms with Gasteiger partial charge in [-0.15, -0.1) is 0 Å². The Morgan fingerprint density at radius 3 is 2.21 bits per heavy atom. The van der Waals surface area contributed by atoms with Crippen LogP contribution in [0.4, 0.5) is 0 Å². The molecule has 114 valence electrons. The average molecular weight is 268 g/mol. The van der Waals surface area contributed by atoms with Crippen LogP contribution in [0.3, 0.4) is 0 Å². The van der Waals surface area contributed by atoms with Crippen LogP contribution in [0.5, 0.6) is 0 Å². The minimum Gasteiger partial charge on any atom is -0.316 e. The third kappa shape index (κ3) is 7.34. The van der Waals surface area contributed by atoms with Gasteiger partial charge in [0.1, 0.15) is 0 Å². The first-order chi connectivity index (χ1) is 9.18. The lowest BCUT2D eigenvalue weighted by atomic mass is 9.80. The predicted octanol–water partition coefficient (Wildman–Crippen LogP) is 5.54. The number of hydrogen-bond donors (Lipinski definition) is 1. The molecule has 1 saturated carbocycles. The maximum Gasteiger partial charge on any atom is 0.000792 e. The van der Waals surface area contributed by atoms with E-state index in [0.717, 1.165) is 5.92 Å². The van der Waals surface area contributed by atoms with Crippen molar-refractivity contribution in [2.75, 3.05) is 13.1 Å². The lowest BCUT2D eigenvalue weighted by Crippen LogP contribution is -2.34. The van der Waals surface area contributed by atoms with E-state index in [-0.39, 0.29) is 0 Å². The molecule has 1 aliphatic rings. The van der Waals surface area contributed by atoms with Crippen LogP contribution in [0.2, 0.25) is 0 Å². The molecule has 0 heterocycles. The Balaban J connectivity index is 2.16. The largest absolute Gasteiger partial charge is 0.316 e. The van der Waals surface area contributed by atoms with E-state index in [1.165, 1.54) is 83.7 Å². The fourth-order valence-electron chi connectivity index (χ4n) is 3.55. The number of unbranched alkanes of at least 4 members (excludes halogenated alkanes) is 5. The number of nitrogens with one attached hydrogen (secondary N) is 1. The molecule has 0 saturated heterocycles. The summed E-state index contributed by atoms with van der Waals surface area (Å²) in [4.78, 5) is 0. The summed E-state index contributed by atoms with van der Waals surface area (Å²) in [5, 5.41) is 3.73. The van der Waals surface area contributed by atoms with E-state index in [1.54, 1.807) is 0 Å². The van der Waals surface area contributed by atoms with Crippen LogP contribution in [0.25, 0.3) is 0 Å². The SMILES string of the molecule is CCCCCCCCC1(CNCC(C)C)CCCC1. The first-order valence-corrected chi connectivity index (χ1v) is 8.89. The summed E-state index contributed by atoms with van der Waals surface area (Å²) in [5.41, 5.74) is 0.666. The molecule has 0 aromatic carbocycles. The lowest BCUT2D eigenvalue weighted by Gasteiger charge is -2.30.